The molecule has 1 aromatic carbocycles. The number of carbonyl (C=O) groups is 1. The first-order chi connectivity index (χ1) is 8.19. The fourth-order valence-corrected chi connectivity index (χ4v) is 2.25. The molecule has 3 heteroatoms. The molecular formula is C14H17NO2. The summed E-state index contributed by atoms with van der Waals surface area (Å²) < 4.78 is 2.15. The molecule has 0 aliphatic rings. The number of carbonyl (C=O) groups excluding carboxylic acids is 1. The number of benzene rings is 1. The van der Waals surface area contributed by atoms with Crippen molar-refractivity contribution in [1.29, 1.82) is 0 Å². The van der Waals surface area contributed by atoms with Gasteiger partial charge in [0.2, 0.25) is 0 Å². The number of unbranched alkanes of at least 4 members (excludes halogenated alkanes) is 1. The largest absolute Gasteiger partial charge is 0.508 e. The lowest BCUT2D eigenvalue weighted by Gasteiger charge is -2.06. The number of phenols is 1. The van der Waals surface area contributed by atoms with Crippen LogP contribution in [0.5, 0.6) is 5.75 Å². The maximum absolute atomic E-state index is 11.1. The van der Waals surface area contributed by atoms with E-state index in [0.29, 0.717) is 5.56 Å². The summed E-state index contributed by atoms with van der Waals surface area (Å²) in [7, 11) is 0. The van der Waals surface area contributed by atoms with Crippen molar-refractivity contribution in [3.63, 3.8) is 0 Å². The summed E-state index contributed by atoms with van der Waals surface area (Å²) in [6, 6.07) is 5.20. The number of fused-ring (bicyclic) bond motifs is 1. The number of aldehydes is 1. The van der Waals surface area contributed by atoms with Gasteiger partial charge in [-0.3, -0.25) is 4.79 Å². The van der Waals surface area contributed by atoms with E-state index in [0.717, 1.165) is 42.3 Å². The zero-order valence-electron chi connectivity index (χ0n) is 10.2. The van der Waals surface area contributed by atoms with Crippen LogP contribution < -0.4 is 0 Å². The predicted molar refractivity (Wildman–Crippen MR) is 68.6 cm³/mol. The molecule has 0 amide bonds. The lowest BCUT2D eigenvalue weighted by molar-refractivity contribution is 0.112. The molecule has 2 aromatic rings. The molecule has 90 valence electrons. The molecule has 1 N–H and O–H groups in total. The Morgan fingerprint density at radius 1 is 1.41 bits per heavy atom. The minimum atomic E-state index is 0.202. The Labute approximate surface area is 101 Å². The van der Waals surface area contributed by atoms with E-state index in [9.17, 15) is 9.90 Å². The SMILES string of the molecule is CCCCn1c(C)c(C=O)c2cc(O)ccc21. The van der Waals surface area contributed by atoms with E-state index in [1.807, 2.05) is 13.0 Å². The van der Waals surface area contributed by atoms with Crippen LogP contribution in [0.25, 0.3) is 10.9 Å². The van der Waals surface area contributed by atoms with E-state index in [1.54, 1.807) is 12.1 Å². The van der Waals surface area contributed by atoms with Gasteiger partial charge in [0, 0.05) is 28.7 Å². The van der Waals surface area contributed by atoms with E-state index in [1.165, 1.54) is 0 Å². The van der Waals surface area contributed by atoms with Crippen LogP contribution >= 0.6 is 0 Å². The van der Waals surface area contributed by atoms with Gasteiger partial charge in [0.15, 0.2) is 6.29 Å². The first kappa shape index (κ1) is 11.7. The molecule has 0 spiro atoms. The molecule has 0 unspecified atom stereocenters. The van der Waals surface area contributed by atoms with Crippen molar-refractivity contribution in [1.82, 2.24) is 4.57 Å². The summed E-state index contributed by atoms with van der Waals surface area (Å²) in [5.41, 5.74) is 2.69. The molecule has 0 atom stereocenters. The average molecular weight is 231 g/mol. The molecule has 0 aliphatic carbocycles. The number of rotatable bonds is 4. The maximum Gasteiger partial charge on any atom is 0.152 e. The third-order valence-electron chi connectivity index (χ3n) is 3.21. The molecule has 2 rings (SSSR count). The van der Waals surface area contributed by atoms with Crippen molar-refractivity contribution in [2.24, 2.45) is 0 Å². The molecule has 0 saturated heterocycles. The highest BCUT2D eigenvalue weighted by Gasteiger charge is 2.13. The van der Waals surface area contributed by atoms with Crippen LogP contribution in [0, 0.1) is 6.92 Å². The fraction of sp³-hybridized carbons (Fsp3) is 0.357. The summed E-state index contributed by atoms with van der Waals surface area (Å²) in [6.07, 6.45) is 3.08. The third-order valence-corrected chi connectivity index (χ3v) is 3.21. The fourth-order valence-electron chi connectivity index (χ4n) is 2.25. The Morgan fingerprint density at radius 2 is 2.18 bits per heavy atom. The summed E-state index contributed by atoms with van der Waals surface area (Å²) in [5, 5.41) is 10.3. The van der Waals surface area contributed by atoms with Crippen LogP contribution in [0.3, 0.4) is 0 Å². The van der Waals surface area contributed by atoms with E-state index in [-0.39, 0.29) is 5.75 Å². The van der Waals surface area contributed by atoms with Gasteiger partial charge in [-0.1, -0.05) is 13.3 Å². The standard InChI is InChI=1S/C14H17NO2/c1-3-4-7-15-10(2)13(9-16)12-8-11(17)5-6-14(12)15/h5-6,8-9,17H,3-4,7H2,1-2H3. The van der Waals surface area contributed by atoms with Crippen molar-refractivity contribution in [2.45, 2.75) is 33.2 Å². The topological polar surface area (TPSA) is 42.2 Å². The quantitative estimate of drug-likeness (QED) is 0.820. The van der Waals surface area contributed by atoms with Crippen LogP contribution in [0.4, 0.5) is 0 Å². The van der Waals surface area contributed by atoms with E-state index in [4.69, 9.17) is 0 Å². The molecule has 0 radical (unpaired) electrons. The minimum Gasteiger partial charge on any atom is -0.508 e. The molecule has 1 aromatic heterocycles. The van der Waals surface area contributed by atoms with Gasteiger partial charge in [-0.2, -0.15) is 0 Å². The Morgan fingerprint density at radius 3 is 2.82 bits per heavy atom. The van der Waals surface area contributed by atoms with Crippen molar-refractivity contribution in [2.75, 3.05) is 0 Å². The van der Waals surface area contributed by atoms with Gasteiger partial charge in [-0.05, 0) is 31.5 Å². The summed E-state index contributed by atoms with van der Waals surface area (Å²) in [5.74, 6) is 0.202. The zero-order chi connectivity index (χ0) is 12.4. The predicted octanol–water partition coefficient (Wildman–Crippen LogP) is 3.27. The molecule has 0 fully saturated rings. The van der Waals surface area contributed by atoms with Crippen molar-refractivity contribution in [3.05, 3.63) is 29.5 Å². The first-order valence-electron chi connectivity index (χ1n) is 5.96. The lowest BCUT2D eigenvalue weighted by Crippen LogP contribution is -2.00. The molecule has 1 heterocycles. The van der Waals surface area contributed by atoms with Crippen molar-refractivity contribution in [3.8, 4) is 5.75 Å². The van der Waals surface area contributed by atoms with Crippen LogP contribution in [0.15, 0.2) is 18.2 Å². The number of aromatic nitrogens is 1. The number of hydrogen-bond acceptors (Lipinski definition) is 2. The summed E-state index contributed by atoms with van der Waals surface area (Å²) in [4.78, 5) is 11.1. The molecule has 0 saturated carbocycles. The number of hydrogen-bond donors (Lipinski definition) is 1. The minimum absolute atomic E-state index is 0.202. The molecule has 3 nitrogen and oxygen atoms in total. The number of aryl methyl sites for hydroxylation is 1. The van der Waals surface area contributed by atoms with Gasteiger partial charge in [-0.25, -0.2) is 0 Å². The maximum atomic E-state index is 11.1. The highest BCUT2D eigenvalue weighted by Crippen LogP contribution is 2.28. The number of aromatic hydroxyl groups is 1. The second-order valence-electron chi connectivity index (χ2n) is 4.32. The average Bonchev–Trinajstić information content (AvgIpc) is 2.57. The Bertz CT molecular complexity index is 555. The number of phenolic OH excluding ortho intramolecular Hbond substituents is 1. The highest BCUT2D eigenvalue weighted by molar-refractivity contribution is 5.99. The zero-order valence-corrected chi connectivity index (χ0v) is 10.2. The van der Waals surface area contributed by atoms with Crippen LogP contribution in [0.2, 0.25) is 0 Å². The van der Waals surface area contributed by atoms with E-state index >= 15 is 0 Å². The number of nitrogens with zero attached hydrogens (tertiary/aromatic N) is 1. The second-order valence-corrected chi connectivity index (χ2v) is 4.32. The van der Waals surface area contributed by atoms with Gasteiger partial charge in [0.25, 0.3) is 0 Å². The first-order valence-corrected chi connectivity index (χ1v) is 5.96. The lowest BCUT2D eigenvalue weighted by atomic mass is 10.1. The molecule has 17 heavy (non-hydrogen) atoms. The molecule has 0 bridgehead atoms. The summed E-state index contributed by atoms with van der Waals surface area (Å²) >= 11 is 0. The molecular weight excluding hydrogens is 214 g/mol. The van der Waals surface area contributed by atoms with Crippen LogP contribution in [-0.2, 0) is 6.54 Å². The monoisotopic (exact) mass is 231 g/mol. The van der Waals surface area contributed by atoms with Crippen molar-refractivity contribution < 1.29 is 9.90 Å². The van der Waals surface area contributed by atoms with Gasteiger partial charge in [0.1, 0.15) is 5.75 Å². The van der Waals surface area contributed by atoms with Gasteiger partial charge >= 0.3 is 0 Å². The van der Waals surface area contributed by atoms with Crippen LogP contribution in [0.1, 0.15) is 35.8 Å². The summed E-state index contributed by atoms with van der Waals surface area (Å²) in [6.45, 7) is 5.02. The van der Waals surface area contributed by atoms with Crippen molar-refractivity contribution >= 4 is 17.2 Å². The molecule has 0 aliphatic heterocycles. The van der Waals surface area contributed by atoms with E-state index in [2.05, 4.69) is 11.5 Å². The normalized spacial score (nSPS) is 10.9. The second kappa shape index (κ2) is 4.62. The van der Waals surface area contributed by atoms with E-state index < -0.39 is 0 Å². The van der Waals surface area contributed by atoms with Gasteiger partial charge in [0.05, 0.1) is 0 Å². The van der Waals surface area contributed by atoms with Crippen LogP contribution in [-0.4, -0.2) is 16.0 Å². The van der Waals surface area contributed by atoms with Gasteiger partial charge < -0.3 is 9.67 Å². The smallest absolute Gasteiger partial charge is 0.152 e. The Kier molecular flexibility index (Phi) is 3.18. The third kappa shape index (κ3) is 1.93. The highest BCUT2D eigenvalue weighted by atomic mass is 16.3. The van der Waals surface area contributed by atoms with Gasteiger partial charge in [-0.15, -0.1) is 0 Å². The Balaban J connectivity index is 2.66. The Hall–Kier alpha value is -1.77.